The lowest BCUT2D eigenvalue weighted by Gasteiger charge is -2.27. The first-order valence-corrected chi connectivity index (χ1v) is 5.85. The standard InChI is InChI=1S/C13H20ClNO/c1-9-7-12(16-4)11(14)8-10(9)13(2,3)5-6-15/h7-8H,5-6,15H2,1-4H3. The van der Waals surface area contributed by atoms with Crippen molar-refractivity contribution in [3.8, 4) is 5.75 Å². The summed E-state index contributed by atoms with van der Waals surface area (Å²) in [5.41, 5.74) is 8.12. The van der Waals surface area contributed by atoms with Crippen LogP contribution in [0, 0.1) is 6.92 Å². The summed E-state index contributed by atoms with van der Waals surface area (Å²) in [5.74, 6) is 0.728. The number of halogens is 1. The van der Waals surface area contributed by atoms with Crippen molar-refractivity contribution in [2.24, 2.45) is 5.73 Å². The Hall–Kier alpha value is -0.730. The van der Waals surface area contributed by atoms with Crippen LogP contribution in [0.2, 0.25) is 5.02 Å². The van der Waals surface area contributed by atoms with E-state index in [4.69, 9.17) is 22.1 Å². The number of nitrogens with two attached hydrogens (primary N) is 1. The largest absolute Gasteiger partial charge is 0.495 e. The Balaban J connectivity index is 3.20. The Morgan fingerprint density at radius 3 is 2.50 bits per heavy atom. The molecular weight excluding hydrogens is 222 g/mol. The van der Waals surface area contributed by atoms with Crippen LogP contribution in [0.3, 0.4) is 0 Å². The van der Waals surface area contributed by atoms with E-state index in [0.29, 0.717) is 11.6 Å². The molecule has 0 spiro atoms. The van der Waals surface area contributed by atoms with Gasteiger partial charge in [-0.25, -0.2) is 0 Å². The molecule has 0 atom stereocenters. The van der Waals surface area contributed by atoms with E-state index in [9.17, 15) is 0 Å². The van der Waals surface area contributed by atoms with E-state index in [1.54, 1.807) is 7.11 Å². The molecule has 0 radical (unpaired) electrons. The zero-order chi connectivity index (χ0) is 12.3. The van der Waals surface area contributed by atoms with Gasteiger partial charge in [-0.3, -0.25) is 0 Å². The van der Waals surface area contributed by atoms with Crippen LogP contribution in [0.5, 0.6) is 5.75 Å². The van der Waals surface area contributed by atoms with Crippen LogP contribution < -0.4 is 10.5 Å². The van der Waals surface area contributed by atoms with Gasteiger partial charge in [0.1, 0.15) is 5.75 Å². The molecule has 0 fully saturated rings. The van der Waals surface area contributed by atoms with E-state index in [2.05, 4.69) is 20.8 Å². The number of hydrogen-bond donors (Lipinski definition) is 1. The second kappa shape index (κ2) is 5.07. The fraction of sp³-hybridized carbons (Fsp3) is 0.538. The van der Waals surface area contributed by atoms with Crippen molar-refractivity contribution in [3.05, 3.63) is 28.3 Å². The third kappa shape index (κ3) is 2.69. The summed E-state index contributed by atoms with van der Waals surface area (Å²) >= 11 is 6.15. The van der Waals surface area contributed by atoms with Gasteiger partial charge < -0.3 is 10.5 Å². The summed E-state index contributed by atoms with van der Waals surface area (Å²) in [7, 11) is 1.63. The molecule has 3 heteroatoms. The Morgan fingerprint density at radius 1 is 1.38 bits per heavy atom. The first-order valence-electron chi connectivity index (χ1n) is 5.47. The number of aryl methyl sites for hydroxylation is 1. The van der Waals surface area contributed by atoms with Crippen LogP contribution in [0.4, 0.5) is 0 Å². The highest BCUT2D eigenvalue weighted by molar-refractivity contribution is 6.32. The van der Waals surface area contributed by atoms with E-state index in [1.807, 2.05) is 12.1 Å². The Bertz CT molecular complexity index is 374. The smallest absolute Gasteiger partial charge is 0.137 e. The highest BCUT2D eigenvalue weighted by Gasteiger charge is 2.23. The molecule has 0 aliphatic carbocycles. The van der Waals surface area contributed by atoms with Gasteiger partial charge in [-0.1, -0.05) is 25.4 Å². The molecule has 1 aromatic rings. The van der Waals surface area contributed by atoms with Gasteiger partial charge >= 0.3 is 0 Å². The second-order valence-electron chi connectivity index (χ2n) is 4.72. The maximum atomic E-state index is 6.15. The molecule has 0 aliphatic rings. The molecule has 1 aromatic carbocycles. The van der Waals surface area contributed by atoms with Gasteiger partial charge in [-0.15, -0.1) is 0 Å². The third-order valence-electron chi connectivity index (χ3n) is 3.00. The third-order valence-corrected chi connectivity index (χ3v) is 3.29. The quantitative estimate of drug-likeness (QED) is 0.878. The van der Waals surface area contributed by atoms with Crippen molar-refractivity contribution in [2.45, 2.75) is 32.6 Å². The van der Waals surface area contributed by atoms with E-state index >= 15 is 0 Å². The summed E-state index contributed by atoms with van der Waals surface area (Å²) in [5, 5.41) is 0.660. The fourth-order valence-corrected chi connectivity index (χ4v) is 2.28. The molecule has 2 N–H and O–H groups in total. The highest BCUT2D eigenvalue weighted by Crippen LogP contribution is 2.35. The lowest BCUT2D eigenvalue weighted by molar-refractivity contribution is 0.413. The van der Waals surface area contributed by atoms with Gasteiger partial charge in [0.05, 0.1) is 12.1 Å². The molecule has 0 aromatic heterocycles. The van der Waals surface area contributed by atoms with Crippen LogP contribution in [-0.4, -0.2) is 13.7 Å². The first kappa shape index (κ1) is 13.3. The lowest BCUT2D eigenvalue weighted by atomic mass is 9.79. The minimum atomic E-state index is 0.0503. The van der Waals surface area contributed by atoms with E-state index < -0.39 is 0 Å². The number of benzene rings is 1. The maximum absolute atomic E-state index is 6.15. The van der Waals surface area contributed by atoms with Crippen molar-refractivity contribution < 1.29 is 4.74 Å². The molecule has 0 amide bonds. The van der Waals surface area contributed by atoms with Gasteiger partial charge in [0, 0.05) is 0 Å². The average Bonchev–Trinajstić information content (AvgIpc) is 2.20. The van der Waals surface area contributed by atoms with Crippen LogP contribution in [0.1, 0.15) is 31.4 Å². The molecule has 0 saturated heterocycles. The molecule has 0 saturated carbocycles. The molecular formula is C13H20ClNO. The van der Waals surface area contributed by atoms with Crippen LogP contribution in [-0.2, 0) is 5.41 Å². The van der Waals surface area contributed by atoms with Gasteiger partial charge in [0.2, 0.25) is 0 Å². The second-order valence-corrected chi connectivity index (χ2v) is 5.13. The van der Waals surface area contributed by atoms with Crippen LogP contribution in [0.15, 0.2) is 12.1 Å². The zero-order valence-corrected chi connectivity index (χ0v) is 11.2. The summed E-state index contributed by atoms with van der Waals surface area (Å²) < 4.78 is 5.20. The molecule has 90 valence electrons. The Morgan fingerprint density at radius 2 is 2.00 bits per heavy atom. The predicted molar refractivity (Wildman–Crippen MR) is 69.4 cm³/mol. The summed E-state index contributed by atoms with van der Waals surface area (Å²) in [6.45, 7) is 7.12. The molecule has 1 rings (SSSR count). The van der Waals surface area contributed by atoms with E-state index in [0.717, 1.165) is 12.2 Å². The number of rotatable bonds is 4. The Labute approximate surface area is 103 Å². The van der Waals surface area contributed by atoms with E-state index in [-0.39, 0.29) is 5.41 Å². The van der Waals surface area contributed by atoms with Crippen molar-refractivity contribution in [3.63, 3.8) is 0 Å². The van der Waals surface area contributed by atoms with Crippen molar-refractivity contribution >= 4 is 11.6 Å². The highest BCUT2D eigenvalue weighted by atomic mass is 35.5. The zero-order valence-electron chi connectivity index (χ0n) is 10.4. The molecule has 0 bridgehead atoms. The molecule has 0 unspecified atom stereocenters. The predicted octanol–water partition coefficient (Wildman–Crippen LogP) is 3.28. The number of hydrogen-bond acceptors (Lipinski definition) is 2. The average molecular weight is 242 g/mol. The van der Waals surface area contributed by atoms with Crippen molar-refractivity contribution in [1.82, 2.24) is 0 Å². The molecule has 2 nitrogen and oxygen atoms in total. The first-order chi connectivity index (χ1) is 7.42. The lowest BCUT2D eigenvalue weighted by Crippen LogP contribution is -2.22. The van der Waals surface area contributed by atoms with Gasteiger partial charge in [0.15, 0.2) is 0 Å². The maximum Gasteiger partial charge on any atom is 0.137 e. The summed E-state index contributed by atoms with van der Waals surface area (Å²) in [4.78, 5) is 0. The van der Waals surface area contributed by atoms with Crippen LogP contribution in [0.25, 0.3) is 0 Å². The minimum Gasteiger partial charge on any atom is -0.495 e. The van der Waals surface area contributed by atoms with Gasteiger partial charge in [-0.2, -0.15) is 0 Å². The molecule has 0 heterocycles. The van der Waals surface area contributed by atoms with Crippen molar-refractivity contribution in [2.75, 3.05) is 13.7 Å². The summed E-state index contributed by atoms with van der Waals surface area (Å²) in [6.07, 6.45) is 0.941. The topological polar surface area (TPSA) is 35.2 Å². The van der Waals surface area contributed by atoms with Gasteiger partial charge in [0.25, 0.3) is 0 Å². The monoisotopic (exact) mass is 241 g/mol. The molecule has 16 heavy (non-hydrogen) atoms. The number of ether oxygens (including phenoxy) is 1. The molecule has 0 aliphatic heterocycles. The minimum absolute atomic E-state index is 0.0503. The van der Waals surface area contributed by atoms with E-state index in [1.165, 1.54) is 11.1 Å². The Kier molecular flexibility index (Phi) is 4.22. The van der Waals surface area contributed by atoms with Crippen LogP contribution >= 0.6 is 11.6 Å². The normalized spacial score (nSPS) is 11.6. The number of methoxy groups -OCH3 is 1. The fourth-order valence-electron chi connectivity index (χ4n) is 2.04. The summed E-state index contributed by atoms with van der Waals surface area (Å²) in [6, 6.07) is 3.97. The van der Waals surface area contributed by atoms with Crippen molar-refractivity contribution in [1.29, 1.82) is 0 Å². The van der Waals surface area contributed by atoms with Gasteiger partial charge in [-0.05, 0) is 48.6 Å². The SMILES string of the molecule is COc1cc(C)c(C(C)(C)CCN)cc1Cl.